The highest BCUT2D eigenvalue weighted by atomic mass is 16.2. The van der Waals surface area contributed by atoms with Crippen molar-refractivity contribution < 1.29 is 5.11 Å². The van der Waals surface area contributed by atoms with Gasteiger partial charge >= 0.3 is 0 Å². The third-order valence-corrected chi connectivity index (χ3v) is 1.56. The summed E-state index contributed by atoms with van der Waals surface area (Å²) in [6.07, 6.45) is 7.75. The predicted octanol–water partition coefficient (Wildman–Crippen LogP) is 0.760. The van der Waals surface area contributed by atoms with Gasteiger partial charge in [0.2, 0.25) is 0 Å². The maximum Gasteiger partial charge on any atom is 0.0431 e. The first-order valence-corrected chi connectivity index (χ1v) is 4.09. The normalized spacial score (nSPS) is 12.5. The molecule has 0 aromatic heterocycles. The summed E-state index contributed by atoms with van der Waals surface area (Å²) in [6, 6.07) is 0.468. The average Bonchev–Trinajstić information content (AvgIpc) is 2.01. The molecule has 2 heteroatoms. The summed E-state index contributed by atoms with van der Waals surface area (Å²) in [5, 5.41) is 11.8. The Kier molecular flexibility index (Phi) is 7.23. The van der Waals surface area contributed by atoms with Gasteiger partial charge in [0, 0.05) is 25.6 Å². The van der Waals surface area contributed by atoms with Crippen LogP contribution in [0.2, 0.25) is 0 Å². The van der Waals surface area contributed by atoms with Crippen LogP contribution in [0.15, 0.2) is 0 Å². The third kappa shape index (κ3) is 7.38. The van der Waals surface area contributed by atoms with Gasteiger partial charge in [-0.3, -0.25) is 0 Å². The van der Waals surface area contributed by atoms with Crippen molar-refractivity contribution in [1.82, 2.24) is 5.32 Å². The number of hydrogen-bond donors (Lipinski definition) is 2. The van der Waals surface area contributed by atoms with Crippen LogP contribution in [0.4, 0.5) is 0 Å². The molecule has 0 bridgehead atoms. The van der Waals surface area contributed by atoms with E-state index in [1.165, 1.54) is 0 Å². The molecule has 1 atom stereocenters. The Morgan fingerprint density at radius 1 is 1.64 bits per heavy atom. The fourth-order valence-electron chi connectivity index (χ4n) is 0.890. The lowest BCUT2D eigenvalue weighted by molar-refractivity contribution is 0.277. The molecule has 0 spiro atoms. The molecule has 11 heavy (non-hydrogen) atoms. The Labute approximate surface area is 69.0 Å². The van der Waals surface area contributed by atoms with Crippen LogP contribution in [0, 0.1) is 12.3 Å². The highest BCUT2D eigenvalue weighted by Crippen LogP contribution is 1.94. The molecule has 0 saturated carbocycles. The lowest BCUT2D eigenvalue weighted by atomic mass is 10.2. The van der Waals surface area contributed by atoms with E-state index in [2.05, 4.69) is 18.2 Å². The van der Waals surface area contributed by atoms with Crippen LogP contribution < -0.4 is 5.32 Å². The Hall–Kier alpha value is -0.520. The van der Waals surface area contributed by atoms with Crippen LogP contribution in [0.5, 0.6) is 0 Å². The lowest BCUT2D eigenvalue weighted by Gasteiger charge is -2.10. The summed E-state index contributed by atoms with van der Waals surface area (Å²) in [7, 11) is 0. The maximum absolute atomic E-state index is 8.53. The van der Waals surface area contributed by atoms with Gasteiger partial charge in [0.25, 0.3) is 0 Å². The van der Waals surface area contributed by atoms with Crippen LogP contribution in [0.3, 0.4) is 0 Å². The van der Waals surface area contributed by atoms with E-state index in [0.717, 1.165) is 25.8 Å². The Morgan fingerprint density at radius 3 is 2.91 bits per heavy atom. The van der Waals surface area contributed by atoms with E-state index in [1.54, 1.807) is 0 Å². The SMILES string of the molecule is C#CCCNC(C)CCCO. The molecule has 0 rings (SSSR count). The molecule has 0 aliphatic heterocycles. The quantitative estimate of drug-likeness (QED) is 0.438. The maximum atomic E-state index is 8.53. The van der Waals surface area contributed by atoms with Gasteiger partial charge in [-0.2, -0.15) is 0 Å². The second kappa shape index (κ2) is 7.59. The minimum atomic E-state index is 0.279. The van der Waals surface area contributed by atoms with Crippen molar-refractivity contribution in [2.45, 2.75) is 32.2 Å². The van der Waals surface area contributed by atoms with Crippen molar-refractivity contribution in [2.75, 3.05) is 13.2 Å². The zero-order chi connectivity index (χ0) is 8.53. The fraction of sp³-hybridized carbons (Fsp3) is 0.778. The van der Waals surface area contributed by atoms with Crippen molar-refractivity contribution >= 4 is 0 Å². The van der Waals surface area contributed by atoms with E-state index in [1.807, 2.05) is 0 Å². The highest BCUT2D eigenvalue weighted by molar-refractivity contribution is 4.84. The number of hydrogen-bond acceptors (Lipinski definition) is 2. The topological polar surface area (TPSA) is 32.3 Å². The van der Waals surface area contributed by atoms with E-state index in [4.69, 9.17) is 11.5 Å². The molecule has 2 N–H and O–H groups in total. The van der Waals surface area contributed by atoms with Gasteiger partial charge in [0.1, 0.15) is 0 Å². The van der Waals surface area contributed by atoms with Crippen LogP contribution in [-0.4, -0.2) is 24.3 Å². The Morgan fingerprint density at radius 2 is 2.36 bits per heavy atom. The summed E-state index contributed by atoms with van der Waals surface area (Å²) in [5.74, 6) is 2.57. The Bertz CT molecular complexity index is 117. The smallest absolute Gasteiger partial charge is 0.0431 e. The number of aliphatic hydroxyl groups excluding tert-OH is 1. The molecule has 0 heterocycles. The zero-order valence-electron chi connectivity index (χ0n) is 7.14. The molecule has 0 aromatic carbocycles. The van der Waals surface area contributed by atoms with E-state index in [9.17, 15) is 0 Å². The van der Waals surface area contributed by atoms with Gasteiger partial charge in [-0.15, -0.1) is 12.3 Å². The molecule has 0 aliphatic rings. The molecule has 0 saturated heterocycles. The third-order valence-electron chi connectivity index (χ3n) is 1.56. The minimum Gasteiger partial charge on any atom is -0.396 e. The van der Waals surface area contributed by atoms with Gasteiger partial charge in [0.15, 0.2) is 0 Å². The molecule has 64 valence electrons. The monoisotopic (exact) mass is 155 g/mol. The summed E-state index contributed by atoms with van der Waals surface area (Å²) >= 11 is 0. The molecule has 0 aliphatic carbocycles. The highest BCUT2D eigenvalue weighted by Gasteiger charge is 1.97. The minimum absolute atomic E-state index is 0.279. The first kappa shape index (κ1) is 10.5. The van der Waals surface area contributed by atoms with Crippen LogP contribution >= 0.6 is 0 Å². The summed E-state index contributed by atoms with van der Waals surface area (Å²) < 4.78 is 0. The van der Waals surface area contributed by atoms with Crippen molar-refractivity contribution in [1.29, 1.82) is 0 Å². The summed E-state index contributed by atoms with van der Waals surface area (Å²) in [5.41, 5.74) is 0. The second-order valence-electron chi connectivity index (χ2n) is 2.68. The zero-order valence-corrected chi connectivity index (χ0v) is 7.14. The van der Waals surface area contributed by atoms with Gasteiger partial charge in [-0.05, 0) is 19.8 Å². The number of terminal acetylenes is 1. The van der Waals surface area contributed by atoms with Crippen molar-refractivity contribution in [2.24, 2.45) is 0 Å². The summed E-state index contributed by atoms with van der Waals surface area (Å²) in [4.78, 5) is 0. The first-order valence-electron chi connectivity index (χ1n) is 4.09. The molecule has 2 nitrogen and oxygen atoms in total. The first-order chi connectivity index (χ1) is 5.31. The van der Waals surface area contributed by atoms with E-state index in [-0.39, 0.29) is 6.61 Å². The standard InChI is InChI=1S/C9H17NO/c1-3-4-7-10-9(2)6-5-8-11/h1,9-11H,4-8H2,2H3. The largest absolute Gasteiger partial charge is 0.396 e. The fourth-order valence-corrected chi connectivity index (χ4v) is 0.890. The van der Waals surface area contributed by atoms with Gasteiger partial charge in [0.05, 0.1) is 0 Å². The van der Waals surface area contributed by atoms with Gasteiger partial charge in [-0.25, -0.2) is 0 Å². The van der Waals surface area contributed by atoms with E-state index in [0.29, 0.717) is 6.04 Å². The molecule has 0 amide bonds. The van der Waals surface area contributed by atoms with E-state index >= 15 is 0 Å². The Balaban J connectivity index is 3.10. The average molecular weight is 155 g/mol. The van der Waals surface area contributed by atoms with Crippen LogP contribution in [0.1, 0.15) is 26.2 Å². The molecule has 0 radical (unpaired) electrons. The van der Waals surface area contributed by atoms with Crippen molar-refractivity contribution in [3.63, 3.8) is 0 Å². The summed E-state index contributed by atoms with van der Waals surface area (Å²) in [6.45, 7) is 3.26. The molecule has 0 aromatic rings. The molecule has 0 fully saturated rings. The van der Waals surface area contributed by atoms with Gasteiger partial charge in [-0.1, -0.05) is 0 Å². The van der Waals surface area contributed by atoms with Crippen LogP contribution in [0.25, 0.3) is 0 Å². The second-order valence-corrected chi connectivity index (χ2v) is 2.68. The molecular weight excluding hydrogens is 138 g/mol. The van der Waals surface area contributed by atoms with E-state index < -0.39 is 0 Å². The van der Waals surface area contributed by atoms with Gasteiger partial charge < -0.3 is 10.4 Å². The number of rotatable bonds is 6. The predicted molar refractivity (Wildman–Crippen MR) is 47.2 cm³/mol. The van der Waals surface area contributed by atoms with Crippen LogP contribution in [-0.2, 0) is 0 Å². The number of nitrogens with one attached hydrogen (secondary N) is 1. The van der Waals surface area contributed by atoms with Crippen molar-refractivity contribution in [3.8, 4) is 12.3 Å². The molecular formula is C9H17NO. The lowest BCUT2D eigenvalue weighted by Crippen LogP contribution is -2.26. The molecule has 1 unspecified atom stereocenters. The number of aliphatic hydroxyl groups is 1. The van der Waals surface area contributed by atoms with Crippen molar-refractivity contribution in [3.05, 3.63) is 0 Å².